The van der Waals surface area contributed by atoms with E-state index in [9.17, 15) is 4.79 Å². The van der Waals surface area contributed by atoms with Crippen molar-refractivity contribution in [3.63, 3.8) is 0 Å². The van der Waals surface area contributed by atoms with Crippen LogP contribution in [0, 0.1) is 6.92 Å². The zero-order valence-electron chi connectivity index (χ0n) is 17.7. The number of nitrogens with zero attached hydrogens (tertiary/aromatic N) is 5. The summed E-state index contributed by atoms with van der Waals surface area (Å²) in [7, 11) is 0. The monoisotopic (exact) mass is 443 g/mol. The molecule has 0 saturated heterocycles. The first kappa shape index (κ1) is 20.1. The Bertz CT molecular complexity index is 1410. The number of thiazole rings is 1. The van der Waals surface area contributed by atoms with Crippen LogP contribution in [0.2, 0.25) is 0 Å². The summed E-state index contributed by atoms with van der Waals surface area (Å²) in [5, 5.41) is 0.606. The molecule has 160 valence electrons. The van der Waals surface area contributed by atoms with Gasteiger partial charge in [0, 0.05) is 12.4 Å². The Hall–Kier alpha value is -3.78. The van der Waals surface area contributed by atoms with Gasteiger partial charge in [-0.05, 0) is 56.3 Å². The summed E-state index contributed by atoms with van der Waals surface area (Å²) in [6.07, 6.45) is 3.58. The lowest BCUT2D eigenvalue weighted by Crippen LogP contribution is -2.32. The Balaban J connectivity index is 1.61. The van der Waals surface area contributed by atoms with Crippen molar-refractivity contribution in [3.05, 3.63) is 84.1 Å². The molecule has 5 aromatic rings. The molecule has 7 nitrogen and oxygen atoms in total. The van der Waals surface area contributed by atoms with Crippen molar-refractivity contribution in [2.75, 3.05) is 11.5 Å². The highest BCUT2D eigenvalue weighted by Crippen LogP contribution is 2.33. The molecule has 8 heteroatoms. The Kier molecular flexibility index (Phi) is 5.28. The second-order valence-corrected chi connectivity index (χ2v) is 8.26. The molecule has 0 spiro atoms. The topological polar surface area (TPSA) is 72.6 Å². The van der Waals surface area contributed by atoms with E-state index in [0.29, 0.717) is 29.7 Å². The molecule has 0 radical (unpaired) electrons. The lowest BCUT2D eigenvalue weighted by molar-refractivity contribution is 0.0978. The number of amides is 1. The minimum Gasteiger partial charge on any atom is -0.494 e. The molecule has 4 aromatic heterocycles. The molecule has 0 saturated carbocycles. The summed E-state index contributed by atoms with van der Waals surface area (Å²) in [6.45, 7) is 4.70. The van der Waals surface area contributed by atoms with Gasteiger partial charge in [0.25, 0.3) is 5.91 Å². The molecular weight excluding hydrogens is 422 g/mol. The van der Waals surface area contributed by atoms with Crippen molar-refractivity contribution in [2.24, 2.45) is 0 Å². The van der Waals surface area contributed by atoms with Crippen LogP contribution in [-0.2, 0) is 6.54 Å². The van der Waals surface area contributed by atoms with E-state index in [1.165, 1.54) is 11.3 Å². The highest BCUT2D eigenvalue weighted by molar-refractivity contribution is 7.22. The van der Waals surface area contributed by atoms with Gasteiger partial charge >= 0.3 is 0 Å². The number of carbonyl (C=O) groups excluding carboxylic acids is 1. The molecule has 32 heavy (non-hydrogen) atoms. The zero-order chi connectivity index (χ0) is 22.1. The molecule has 0 fully saturated rings. The van der Waals surface area contributed by atoms with Gasteiger partial charge in [-0.1, -0.05) is 23.5 Å². The summed E-state index contributed by atoms with van der Waals surface area (Å²) in [5.41, 5.74) is 3.53. The van der Waals surface area contributed by atoms with Crippen molar-refractivity contribution < 1.29 is 9.53 Å². The van der Waals surface area contributed by atoms with E-state index in [2.05, 4.69) is 9.97 Å². The second kappa shape index (κ2) is 8.39. The molecule has 0 aliphatic heterocycles. The largest absolute Gasteiger partial charge is 0.494 e. The van der Waals surface area contributed by atoms with E-state index in [0.717, 1.165) is 27.3 Å². The van der Waals surface area contributed by atoms with Crippen LogP contribution in [0.15, 0.2) is 67.0 Å². The number of rotatable bonds is 6. The molecule has 0 aliphatic rings. The van der Waals surface area contributed by atoms with Gasteiger partial charge in [0.2, 0.25) is 0 Å². The van der Waals surface area contributed by atoms with Crippen LogP contribution in [0.25, 0.3) is 15.9 Å². The van der Waals surface area contributed by atoms with Gasteiger partial charge in [-0.25, -0.2) is 9.97 Å². The van der Waals surface area contributed by atoms with Gasteiger partial charge in [-0.3, -0.25) is 19.1 Å². The average Bonchev–Trinajstić information content (AvgIpc) is 3.37. The van der Waals surface area contributed by atoms with Crippen molar-refractivity contribution in [1.29, 1.82) is 0 Å². The number of aryl methyl sites for hydroxylation is 1. The van der Waals surface area contributed by atoms with Crippen molar-refractivity contribution in [2.45, 2.75) is 20.4 Å². The maximum absolute atomic E-state index is 13.9. The third-order valence-corrected chi connectivity index (χ3v) is 6.13. The number of pyridine rings is 2. The van der Waals surface area contributed by atoms with Gasteiger partial charge in [0.1, 0.15) is 17.1 Å². The van der Waals surface area contributed by atoms with Crippen LogP contribution < -0.4 is 9.64 Å². The Labute approximate surface area is 189 Å². The van der Waals surface area contributed by atoms with Crippen LogP contribution in [0.3, 0.4) is 0 Å². The van der Waals surface area contributed by atoms with E-state index in [4.69, 9.17) is 9.72 Å². The predicted octanol–water partition coefficient (Wildman–Crippen LogP) is 4.89. The fraction of sp³-hybridized carbons (Fsp3) is 0.167. The number of carbonyl (C=O) groups is 1. The first-order chi connectivity index (χ1) is 15.6. The van der Waals surface area contributed by atoms with E-state index < -0.39 is 0 Å². The summed E-state index contributed by atoms with van der Waals surface area (Å²) in [5.74, 6) is 0.617. The fourth-order valence-corrected chi connectivity index (χ4v) is 4.64. The molecule has 0 N–H and O–H groups in total. The molecule has 0 aliphatic carbocycles. The number of aromatic nitrogens is 4. The van der Waals surface area contributed by atoms with Gasteiger partial charge in [0.15, 0.2) is 5.13 Å². The molecule has 0 unspecified atom stereocenters. The van der Waals surface area contributed by atoms with Crippen LogP contribution in [0.1, 0.15) is 28.8 Å². The maximum atomic E-state index is 13.9. The quantitative estimate of drug-likeness (QED) is 0.373. The Morgan fingerprint density at radius 2 is 2.00 bits per heavy atom. The predicted molar refractivity (Wildman–Crippen MR) is 125 cm³/mol. The third kappa shape index (κ3) is 3.69. The standard InChI is InChI=1S/C24H21N5O2S/c1-3-31-18-10-11-19-20(14-18)32-24(27-19)29(15-17-8-4-6-12-25-17)23(30)22-16(2)26-21-9-5-7-13-28(21)22/h4-14H,3,15H2,1-2H3. The van der Waals surface area contributed by atoms with Gasteiger partial charge in [0.05, 0.1) is 34.8 Å². The van der Waals surface area contributed by atoms with E-state index in [-0.39, 0.29) is 5.91 Å². The second-order valence-electron chi connectivity index (χ2n) is 7.25. The van der Waals surface area contributed by atoms with Gasteiger partial charge in [-0.15, -0.1) is 0 Å². The molecule has 0 atom stereocenters. The summed E-state index contributed by atoms with van der Waals surface area (Å²) in [6, 6.07) is 17.1. The Morgan fingerprint density at radius 3 is 2.81 bits per heavy atom. The SMILES string of the molecule is CCOc1ccc2nc(N(Cc3ccccn3)C(=O)c3c(C)nc4ccccn34)sc2c1. The fourth-order valence-electron chi connectivity index (χ4n) is 3.64. The van der Waals surface area contributed by atoms with Crippen LogP contribution in [0.5, 0.6) is 5.75 Å². The van der Waals surface area contributed by atoms with Crippen LogP contribution in [-0.4, -0.2) is 31.9 Å². The molecule has 1 amide bonds. The van der Waals surface area contributed by atoms with E-state index in [1.54, 1.807) is 11.1 Å². The van der Waals surface area contributed by atoms with Crippen molar-refractivity contribution in [1.82, 2.24) is 19.4 Å². The number of ether oxygens (including phenoxy) is 1. The lowest BCUT2D eigenvalue weighted by Gasteiger charge is -2.19. The van der Waals surface area contributed by atoms with Gasteiger partial charge < -0.3 is 4.74 Å². The zero-order valence-corrected chi connectivity index (χ0v) is 18.5. The summed E-state index contributed by atoms with van der Waals surface area (Å²) < 4.78 is 8.41. The molecule has 5 rings (SSSR count). The number of benzene rings is 1. The molecular formula is C24H21N5O2S. The number of hydrogen-bond donors (Lipinski definition) is 0. The van der Waals surface area contributed by atoms with Crippen LogP contribution >= 0.6 is 11.3 Å². The molecule has 1 aromatic carbocycles. The van der Waals surface area contributed by atoms with E-state index in [1.807, 2.05) is 79.0 Å². The summed E-state index contributed by atoms with van der Waals surface area (Å²) in [4.78, 5) is 29.3. The lowest BCUT2D eigenvalue weighted by atomic mass is 10.2. The van der Waals surface area contributed by atoms with Crippen LogP contribution in [0.4, 0.5) is 5.13 Å². The first-order valence-corrected chi connectivity index (χ1v) is 11.1. The van der Waals surface area contributed by atoms with E-state index >= 15 is 0 Å². The number of hydrogen-bond acceptors (Lipinski definition) is 6. The van der Waals surface area contributed by atoms with Crippen molar-refractivity contribution in [3.8, 4) is 5.75 Å². The summed E-state index contributed by atoms with van der Waals surface area (Å²) >= 11 is 1.46. The highest BCUT2D eigenvalue weighted by atomic mass is 32.1. The number of imidazole rings is 1. The number of anilines is 1. The smallest absolute Gasteiger partial charge is 0.279 e. The minimum atomic E-state index is -0.170. The van der Waals surface area contributed by atoms with Crippen molar-refractivity contribution >= 4 is 38.2 Å². The number of fused-ring (bicyclic) bond motifs is 2. The Morgan fingerprint density at radius 1 is 1.12 bits per heavy atom. The van der Waals surface area contributed by atoms with Gasteiger partial charge in [-0.2, -0.15) is 0 Å². The molecule has 0 bridgehead atoms. The maximum Gasteiger partial charge on any atom is 0.279 e. The average molecular weight is 444 g/mol. The highest BCUT2D eigenvalue weighted by Gasteiger charge is 2.27. The first-order valence-electron chi connectivity index (χ1n) is 10.3. The molecule has 4 heterocycles. The minimum absolute atomic E-state index is 0.170. The third-order valence-electron chi connectivity index (χ3n) is 5.09. The normalized spacial score (nSPS) is 11.2.